The maximum atomic E-state index is 9.51. The lowest BCUT2D eigenvalue weighted by atomic mass is 9.97. The fourth-order valence-electron chi connectivity index (χ4n) is 4.43. The molecule has 4 rings (SSSR count). The number of rotatable bonds is 5. The van der Waals surface area contributed by atoms with E-state index in [9.17, 15) is 5.26 Å². The van der Waals surface area contributed by atoms with Gasteiger partial charge in [-0.25, -0.2) is 0 Å². The smallest absolute Gasteiger partial charge is 0.0995 e. The molecule has 0 radical (unpaired) electrons. The number of nitrogens with one attached hydrogen (secondary N) is 1. The largest absolute Gasteiger partial charge is 0.381 e. The second-order valence-electron chi connectivity index (χ2n) is 8.20. The molecule has 4 nitrogen and oxygen atoms in total. The molecule has 0 bridgehead atoms. The van der Waals surface area contributed by atoms with Gasteiger partial charge in [0, 0.05) is 44.1 Å². The molecule has 2 aromatic rings. The van der Waals surface area contributed by atoms with Crippen LogP contribution in [0, 0.1) is 11.3 Å². The predicted molar refractivity (Wildman–Crippen MR) is 116 cm³/mol. The van der Waals surface area contributed by atoms with Crippen molar-refractivity contribution in [2.75, 3.05) is 43.4 Å². The zero-order valence-corrected chi connectivity index (χ0v) is 16.8. The number of piperazine rings is 1. The molecule has 1 saturated carbocycles. The van der Waals surface area contributed by atoms with Crippen molar-refractivity contribution < 1.29 is 0 Å². The second kappa shape index (κ2) is 8.67. The van der Waals surface area contributed by atoms with Crippen LogP contribution in [-0.4, -0.2) is 38.1 Å². The maximum Gasteiger partial charge on any atom is 0.0995 e. The van der Waals surface area contributed by atoms with Gasteiger partial charge in [0.25, 0.3) is 0 Å². The Hall–Kier alpha value is -2.51. The van der Waals surface area contributed by atoms with Crippen LogP contribution in [0.2, 0.25) is 0 Å². The molecule has 2 fully saturated rings. The summed E-state index contributed by atoms with van der Waals surface area (Å²) in [5, 5.41) is 13.0. The van der Waals surface area contributed by atoms with Crippen LogP contribution in [0.15, 0.2) is 42.5 Å². The summed E-state index contributed by atoms with van der Waals surface area (Å²) in [6.45, 7) is 4.92. The van der Waals surface area contributed by atoms with Crippen LogP contribution in [0.25, 0.3) is 0 Å². The molecule has 28 heavy (non-hydrogen) atoms. The highest BCUT2D eigenvalue weighted by Crippen LogP contribution is 2.34. The van der Waals surface area contributed by atoms with Gasteiger partial charge in [0.15, 0.2) is 0 Å². The Kier molecular flexibility index (Phi) is 5.83. The third-order valence-electron chi connectivity index (χ3n) is 6.30. The van der Waals surface area contributed by atoms with Gasteiger partial charge < -0.3 is 15.1 Å². The van der Waals surface area contributed by atoms with Gasteiger partial charge in [0.1, 0.15) is 0 Å². The van der Waals surface area contributed by atoms with Crippen molar-refractivity contribution in [3.63, 3.8) is 0 Å². The third-order valence-corrected chi connectivity index (χ3v) is 6.30. The highest BCUT2D eigenvalue weighted by Gasteiger charge is 2.17. The van der Waals surface area contributed by atoms with Crippen molar-refractivity contribution >= 4 is 11.4 Å². The average Bonchev–Trinajstić information content (AvgIpc) is 3.28. The molecule has 0 spiro atoms. The van der Waals surface area contributed by atoms with Crippen LogP contribution in [0.4, 0.5) is 11.4 Å². The van der Waals surface area contributed by atoms with Crippen molar-refractivity contribution in [2.45, 2.75) is 38.1 Å². The summed E-state index contributed by atoms with van der Waals surface area (Å²) < 4.78 is 0. The Bertz CT molecular complexity index is 823. The molecule has 0 aromatic heterocycles. The van der Waals surface area contributed by atoms with E-state index in [0.717, 1.165) is 48.9 Å². The molecular weight excluding hydrogens is 344 g/mol. The van der Waals surface area contributed by atoms with E-state index in [2.05, 4.69) is 64.6 Å². The third kappa shape index (κ3) is 4.31. The number of hydrogen-bond donors (Lipinski definition) is 1. The van der Waals surface area contributed by atoms with E-state index in [0.29, 0.717) is 6.54 Å². The molecule has 2 aliphatic rings. The summed E-state index contributed by atoms with van der Waals surface area (Å²) in [6, 6.07) is 17.5. The van der Waals surface area contributed by atoms with Crippen LogP contribution in [0.5, 0.6) is 0 Å². The molecule has 1 aliphatic carbocycles. The Morgan fingerprint density at radius 2 is 1.71 bits per heavy atom. The zero-order chi connectivity index (χ0) is 19.3. The molecule has 146 valence electrons. The monoisotopic (exact) mass is 374 g/mol. The summed E-state index contributed by atoms with van der Waals surface area (Å²) in [5.74, 6) is 0.750. The first-order valence-corrected chi connectivity index (χ1v) is 10.5. The molecule has 1 aliphatic heterocycles. The Labute approximate surface area is 168 Å². The van der Waals surface area contributed by atoms with Crippen LogP contribution in [0.3, 0.4) is 0 Å². The minimum atomic E-state index is 0.674. The van der Waals surface area contributed by atoms with Crippen LogP contribution in [0.1, 0.15) is 48.3 Å². The SMILES string of the molecule is CN1CCN(c2ccc(C#N)c(CNc3ccc(C4CCCC4)cc3)c2)CC1. The van der Waals surface area contributed by atoms with E-state index in [1.807, 2.05) is 6.07 Å². The van der Waals surface area contributed by atoms with Gasteiger partial charge in [0.2, 0.25) is 0 Å². The first kappa shape index (κ1) is 18.8. The number of nitrogens with zero attached hydrogens (tertiary/aromatic N) is 3. The second-order valence-corrected chi connectivity index (χ2v) is 8.20. The van der Waals surface area contributed by atoms with Gasteiger partial charge in [-0.2, -0.15) is 5.26 Å². The first-order valence-electron chi connectivity index (χ1n) is 10.5. The van der Waals surface area contributed by atoms with Gasteiger partial charge in [-0.3, -0.25) is 0 Å². The Morgan fingerprint density at radius 1 is 1.00 bits per heavy atom. The van der Waals surface area contributed by atoms with E-state index >= 15 is 0 Å². The first-order chi connectivity index (χ1) is 13.7. The highest BCUT2D eigenvalue weighted by molar-refractivity contribution is 5.55. The molecule has 1 saturated heterocycles. The summed E-state index contributed by atoms with van der Waals surface area (Å²) in [6.07, 6.45) is 5.39. The molecule has 0 unspecified atom stereocenters. The molecular formula is C24H30N4. The van der Waals surface area contributed by atoms with Gasteiger partial charge in [-0.15, -0.1) is 0 Å². The van der Waals surface area contributed by atoms with Gasteiger partial charge >= 0.3 is 0 Å². The summed E-state index contributed by atoms with van der Waals surface area (Å²) in [7, 11) is 2.17. The minimum absolute atomic E-state index is 0.674. The van der Waals surface area contributed by atoms with Gasteiger partial charge in [-0.1, -0.05) is 25.0 Å². The molecule has 4 heteroatoms. The van der Waals surface area contributed by atoms with Gasteiger partial charge in [-0.05, 0) is 67.3 Å². The van der Waals surface area contributed by atoms with E-state index in [-0.39, 0.29) is 0 Å². The lowest BCUT2D eigenvalue weighted by molar-refractivity contribution is 0.313. The molecule has 1 N–H and O–H groups in total. The summed E-state index contributed by atoms with van der Waals surface area (Å²) >= 11 is 0. The predicted octanol–water partition coefficient (Wildman–Crippen LogP) is 4.58. The van der Waals surface area contributed by atoms with Crippen LogP contribution < -0.4 is 10.2 Å². The average molecular weight is 375 g/mol. The van der Waals surface area contributed by atoms with Crippen LogP contribution >= 0.6 is 0 Å². The fraction of sp³-hybridized carbons (Fsp3) is 0.458. The number of anilines is 2. The minimum Gasteiger partial charge on any atom is -0.381 e. The molecule has 0 atom stereocenters. The quantitative estimate of drug-likeness (QED) is 0.832. The molecule has 2 aromatic carbocycles. The lowest BCUT2D eigenvalue weighted by Gasteiger charge is -2.34. The zero-order valence-electron chi connectivity index (χ0n) is 16.8. The van der Waals surface area contributed by atoms with E-state index < -0.39 is 0 Å². The summed E-state index contributed by atoms with van der Waals surface area (Å²) in [5.41, 5.74) is 5.64. The number of nitriles is 1. The van der Waals surface area contributed by atoms with Crippen molar-refractivity contribution in [3.8, 4) is 6.07 Å². The normalized spacial score (nSPS) is 18.2. The van der Waals surface area contributed by atoms with Gasteiger partial charge in [0.05, 0.1) is 11.6 Å². The van der Waals surface area contributed by atoms with Crippen molar-refractivity contribution in [1.29, 1.82) is 5.26 Å². The van der Waals surface area contributed by atoms with Crippen LogP contribution in [-0.2, 0) is 6.54 Å². The van der Waals surface area contributed by atoms with Crippen molar-refractivity contribution in [2.24, 2.45) is 0 Å². The van der Waals surface area contributed by atoms with Crippen molar-refractivity contribution in [3.05, 3.63) is 59.2 Å². The highest BCUT2D eigenvalue weighted by atomic mass is 15.2. The number of hydrogen-bond acceptors (Lipinski definition) is 4. The lowest BCUT2D eigenvalue weighted by Crippen LogP contribution is -2.44. The van der Waals surface area contributed by atoms with E-state index in [4.69, 9.17) is 0 Å². The Morgan fingerprint density at radius 3 is 2.39 bits per heavy atom. The standard InChI is InChI=1S/C24H30N4/c1-27-12-14-28(15-13-27)24-11-8-21(17-25)22(16-24)18-26-23-9-6-20(7-10-23)19-4-2-3-5-19/h6-11,16,19,26H,2-5,12-15,18H2,1H3. The molecule has 1 heterocycles. The fourth-order valence-corrected chi connectivity index (χ4v) is 4.43. The number of benzene rings is 2. The van der Waals surface area contributed by atoms with Crippen molar-refractivity contribution in [1.82, 2.24) is 4.90 Å². The Balaban J connectivity index is 1.43. The molecule has 0 amide bonds. The van der Waals surface area contributed by atoms with E-state index in [1.165, 1.54) is 36.9 Å². The number of likely N-dealkylation sites (N-methyl/N-ethyl adjacent to an activating group) is 1. The maximum absolute atomic E-state index is 9.51. The topological polar surface area (TPSA) is 42.3 Å². The summed E-state index contributed by atoms with van der Waals surface area (Å²) in [4.78, 5) is 4.78. The van der Waals surface area contributed by atoms with E-state index in [1.54, 1.807) is 0 Å².